The second-order valence-electron chi connectivity index (χ2n) is 4.45. The third-order valence-corrected chi connectivity index (χ3v) is 3.87. The highest BCUT2D eigenvalue weighted by Gasteiger charge is 2.18. The molecule has 0 heterocycles. The average Bonchev–Trinajstić information content (AvgIpc) is 2.38. The van der Waals surface area contributed by atoms with Gasteiger partial charge in [-0.05, 0) is 24.8 Å². The number of carbonyl (C=O) groups excluding carboxylic acids is 1. The molecule has 0 aromatic heterocycles. The highest BCUT2D eigenvalue weighted by atomic mass is 32.2. The Morgan fingerprint density at radius 2 is 2.00 bits per heavy atom. The summed E-state index contributed by atoms with van der Waals surface area (Å²) in [4.78, 5) is 24.9. The van der Waals surface area contributed by atoms with Crippen LogP contribution in [0.1, 0.15) is 22.8 Å². The maximum atomic E-state index is 12.1. The number of likely N-dealkylation sites (N-methyl/N-ethyl adjacent to an activating group) is 1. The second-order valence-corrected chi connectivity index (χ2v) is 5.36. The first-order valence-corrected chi connectivity index (χ1v) is 7.42. The lowest BCUT2D eigenvalue weighted by atomic mass is 10.0. The van der Waals surface area contributed by atoms with E-state index < -0.39 is 5.97 Å². The molecule has 1 N–H and O–H groups in total. The van der Waals surface area contributed by atoms with Gasteiger partial charge in [0.15, 0.2) is 0 Å². The van der Waals surface area contributed by atoms with Gasteiger partial charge in [0.05, 0.1) is 12.0 Å². The van der Waals surface area contributed by atoms with Crippen molar-refractivity contribution in [2.45, 2.75) is 19.4 Å². The first-order valence-electron chi connectivity index (χ1n) is 6.03. The minimum absolute atomic E-state index is 0.0600. The summed E-state index contributed by atoms with van der Waals surface area (Å²) >= 11 is 1.68. The van der Waals surface area contributed by atoms with Crippen LogP contribution in [0.4, 0.5) is 0 Å². The number of carbonyl (C=O) groups is 2. The number of carboxylic acids is 1. The van der Waals surface area contributed by atoms with Crippen LogP contribution >= 0.6 is 11.8 Å². The van der Waals surface area contributed by atoms with E-state index in [4.69, 9.17) is 5.11 Å². The van der Waals surface area contributed by atoms with Gasteiger partial charge in [-0.25, -0.2) is 4.79 Å². The lowest BCUT2D eigenvalue weighted by Crippen LogP contribution is -2.37. The number of nitrogens with zero attached hydrogens (tertiary/aromatic N) is 1. The van der Waals surface area contributed by atoms with Crippen molar-refractivity contribution in [3.63, 3.8) is 0 Å². The number of aromatic carboxylic acids is 1. The van der Waals surface area contributed by atoms with Crippen molar-refractivity contribution in [2.24, 2.45) is 0 Å². The second kappa shape index (κ2) is 7.19. The summed E-state index contributed by atoms with van der Waals surface area (Å²) in [7, 11) is 1.76. The first kappa shape index (κ1) is 15.6. The molecule has 104 valence electrons. The normalized spacial score (nSPS) is 11.9. The van der Waals surface area contributed by atoms with Crippen molar-refractivity contribution in [3.05, 3.63) is 35.4 Å². The molecule has 1 amide bonds. The van der Waals surface area contributed by atoms with Gasteiger partial charge in [0.2, 0.25) is 5.91 Å². The van der Waals surface area contributed by atoms with Crippen molar-refractivity contribution >= 4 is 23.6 Å². The van der Waals surface area contributed by atoms with Crippen LogP contribution in [0.15, 0.2) is 24.3 Å². The molecule has 0 aliphatic rings. The average molecular weight is 281 g/mol. The van der Waals surface area contributed by atoms with Crippen molar-refractivity contribution < 1.29 is 14.7 Å². The molecule has 0 fully saturated rings. The molecule has 1 aromatic rings. The highest BCUT2D eigenvalue weighted by Crippen LogP contribution is 2.12. The molecular formula is C14H19NO3S. The molecule has 0 aliphatic heterocycles. The van der Waals surface area contributed by atoms with Crippen LogP contribution in [0.5, 0.6) is 0 Å². The lowest BCUT2D eigenvalue weighted by Gasteiger charge is -2.24. The molecule has 4 nitrogen and oxygen atoms in total. The van der Waals surface area contributed by atoms with E-state index in [1.165, 1.54) is 6.07 Å². The molecule has 19 heavy (non-hydrogen) atoms. The fourth-order valence-electron chi connectivity index (χ4n) is 1.77. The van der Waals surface area contributed by atoms with Crippen molar-refractivity contribution in [3.8, 4) is 0 Å². The number of thioether (sulfide) groups is 1. The zero-order valence-corrected chi connectivity index (χ0v) is 12.2. The Morgan fingerprint density at radius 3 is 2.58 bits per heavy atom. The SMILES string of the molecule is CSCC(C)N(C)C(=O)Cc1ccccc1C(=O)O. The van der Waals surface area contributed by atoms with Crippen LogP contribution in [0, 0.1) is 0 Å². The molecule has 0 spiro atoms. The Kier molecular flexibility index (Phi) is 5.89. The molecule has 0 aliphatic carbocycles. The molecular weight excluding hydrogens is 262 g/mol. The Morgan fingerprint density at radius 1 is 1.37 bits per heavy atom. The number of hydrogen-bond acceptors (Lipinski definition) is 3. The number of rotatable bonds is 6. The number of hydrogen-bond donors (Lipinski definition) is 1. The summed E-state index contributed by atoms with van der Waals surface area (Å²) in [6.45, 7) is 1.98. The molecule has 5 heteroatoms. The zero-order valence-electron chi connectivity index (χ0n) is 11.4. The van der Waals surface area contributed by atoms with Crippen LogP contribution in [0.3, 0.4) is 0 Å². The zero-order chi connectivity index (χ0) is 14.4. The number of carboxylic acid groups (broad SMARTS) is 1. The molecule has 0 bridgehead atoms. The van der Waals surface area contributed by atoms with E-state index in [0.29, 0.717) is 5.56 Å². The van der Waals surface area contributed by atoms with E-state index in [-0.39, 0.29) is 23.9 Å². The Labute approximate surface area is 117 Å². The van der Waals surface area contributed by atoms with Crippen molar-refractivity contribution in [1.29, 1.82) is 0 Å². The van der Waals surface area contributed by atoms with Gasteiger partial charge in [-0.3, -0.25) is 4.79 Å². The topological polar surface area (TPSA) is 57.6 Å². The van der Waals surface area contributed by atoms with Crippen molar-refractivity contribution in [2.75, 3.05) is 19.1 Å². The summed E-state index contributed by atoms with van der Waals surface area (Å²) in [5.74, 6) is -0.193. The fourth-order valence-corrected chi connectivity index (χ4v) is 2.48. The van der Waals surface area contributed by atoms with Gasteiger partial charge in [0, 0.05) is 18.8 Å². The Hall–Kier alpha value is -1.49. The molecule has 1 aromatic carbocycles. The van der Waals surface area contributed by atoms with Gasteiger partial charge in [-0.2, -0.15) is 11.8 Å². The molecule has 0 radical (unpaired) electrons. The van der Waals surface area contributed by atoms with Crippen molar-refractivity contribution in [1.82, 2.24) is 4.90 Å². The summed E-state index contributed by atoms with van der Waals surface area (Å²) in [5, 5.41) is 9.08. The Balaban J connectivity index is 2.80. The molecule has 0 saturated heterocycles. The van der Waals surface area contributed by atoms with Gasteiger partial charge in [-0.15, -0.1) is 0 Å². The van der Waals surface area contributed by atoms with Crippen LogP contribution in [-0.2, 0) is 11.2 Å². The van der Waals surface area contributed by atoms with E-state index >= 15 is 0 Å². The number of amides is 1. The highest BCUT2D eigenvalue weighted by molar-refractivity contribution is 7.98. The van der Waals surface area contributed by atoms with E-state index in [9.17, 15) is 9.59 Å². The van der Waals surface area contributed by atoms with Gasteiger partial charge in [0.1, 0.15) is 0 Å². The maximum absolute atomic E-state index is 12.1. The summed E-state index contributed by atoms with van der Waals surface area (Å²) in [6, 6.07) is 6.77. The fraction of sp³-hybridized carbons (Fsp3) is 0.429. The summed E-state index contributed by atoms with van der Waals surface area (Å²) in [6.07, 6.45) is 2.12. The molecule has 1 rings (SSSR count). The third-order valence-electron chi connectivity index (χ3n) is 3.05. The van der Waals surface area contributed by atoms with E-state index in [0.717, 1.165) is 5.75 Å². The third kappa shape index (κ3) is 4.28. The van der Waals surface area contributed by atoms with E-state index in [2.05, 4.69) is 0 Å². The largest absolute Gasteiger partial charge is 0.478 e. The minimum atomic E-state index is -0.997. The van der Waals surface area contributed by atoms with Gasteiger partial charge < -0.3 is 10.0 Å². The van der Waals surface area contributed by atoms with Gasteiger partial charge in [-0.1, -0.05) is 18.2 Å². The van der Waals surface area contributed by atoms with E-state index in [1.54, 1.807) is 41.9 Å². The smallest absolute Gasteiger partial charge is 0.335 e. The number of benzene rings is 1. The monoisotopic (exact) mass is 281 g/mol. The van der Waals surface area contributed by atoms with Crippen LogP contribution in [0.25, 0.3) is 0 Å². The van der Waals surface area contributed by atoms with Crippen LogP contribution < -0.4 is 0 Å². The predicted molar refractivity (Wildman–Crippen MR) is 77.7 cm³/mol. The summed E-state index contributed by atoms with van der Waals surface area (Å²) < 4.78 is 0. The maximum Gasteiger partial charge on any atom is 0.335 e. The summed E-state index contributed by atoms with van der Waals surface area (Å²) in [5.41, 5.74) is 0.755. The molecule has 1 unspecified atom stereocenters. The van der Waals surface area contributed by atoms with Crippen LogP contribution in [0.2, 0.25) is 0 Å². The Bertz CT molecular complexity index is 462. The molecule has 1 atom stereocenters. The van der Waals surface area contributed by atoms with Gasteiger partial charge >= 0.3 is 5.97 Å². The van der Waals surface area contributed by atoms with Crippen LogP contribution in [-0.4, -0.2) is 47.0 Å². The lowest BCUT2D eigenvalue weighted by molar-refractivity contribution is -0.130. The first-order chi connectivity index (χ1) is 8.97. The standard InChI is InChI=1S/C14H19NO3S/c1-10(9-19-3)15(2)13(16)8-11-6-4-5-7-12(11)14(17)18/h4-7,10H,8-9H2,1-3H3,(H,17,18). The molecule has 0 saturated carbocycles. The quantitative estimate of drug-likeness (QED) is 0.868. The van der Waals surface area contributed by atoms with Gasteiger partial charge in [0.25, 0.3) is 0 Å². The minimum Gasteiger partial charge on any atom is -0.478 e. The van der Waals surface area contributed by atoms with E-state index in [1.807, 2.05) is 13.2 Å². The predicted octanol–water partition coefficient (Wildman–Crippen LogP) is 2.14.